The zero-order valence-electron chi connectivity index (χ0n) is 9.07. The number of halogens is 1. The van der Waals surface area contributed by atoms with Crippen molar-refractivity contribution in [2.24, 2.45) is 5.92 Å². The first-order valence-corrected chi connectivity index (χ1v) is 7.05. The third-order valence-electron chi connectivity index (χ3n) is 1.70. The van der Waals surface area contributed by atoms with Crippen LogP contribution in [0.15, 0.2) is 22.9 Å². The van der Waals surface area contributed by atoms with E-state index in [-0.39, 0.29) is 5.92 Å². The van der Waals surface area contributed by atoms with Gasteiger partial charge < -0.3 is 0 Å². The number of rotatable bonds is 5. The summed E-state index contributed by atoms with van der Waals surface area (Å²) in [6, 6.07) is 1.58. The summed E-state index contributed by atoms with van der Waals surface area (Å²) < 4.78 is 28.7. The molecule has 7 heteroatoms. The second-order valence-electron chi connectivity index (χ2n) is 3.70. The maximum absolute atomic E-state index is 11.6. The quantitative estimate of drug-likeness (QED) is 0.870. The van der Waals surface area contributed by atoms with Gasteiger partial charge in [0, 0.05) is 18.9 Å². The molecule has 1 aromatic heterocycles. The van der Waals surface area contributed by atoms with Crippen LogP contribution in [0.1, 0.15) is 13.8 Å². The Kier molecular flexibility index (Phi) is 4.69. The van der Waals surface area contributed by atoms with E-state index in [9.17, 15) is 8.42 Å². The van der Waals surface area contributed by atoms with Crippen LogP contribution in [0, 0.1) is 5.92 Å². The smallest absolute Gasteiger partial charge is 0.270 e. The molecule has 0 aliphatic rings. The van der Waals surface area contributed by atoms with Crippen molar-refractivity contribution in [3.05, 3.63) is 22.9 Å². The van der Waals surface area contributed by atoms with E-state index in [0.29, 0.717) is 16.7 Å². The van der Waals surface area contributed by atoms with Crippen LogP contribution < -0.4 is 9.44 Å². The third-order valence-corrected chi connectivity index (χ3v) is 3.37. The van der Waals surface area contributed by atoms with Gasteiger partial charge >= 0.3 is 0 Å². The fourth-order valence-corrected chi connectivity index (χ4v) is 2.49. The van der Waals surface area contributed by atoms with Crippen LogP contribution in [0.25, 0.3) is 0 Å². The van der Waals surface area contributed by atoms with Gasteiger partial charge in [-0.3, -0.25) is 9.71 Å². The summed E-state index contributed by atoms with van der Waals surface area (Å²) in [5.41, 5.74) is 0.464. The molecule has 90 valence electrons. The van der Waals surface area contributed by atoms with Gasteiger partial charge in [0.15, 0.2) is 0 Å². The van der Waals surface area contributed by atoms with Crippen LogP contribution in [0.5, 0.6) is 0 Å². The first kappa shape index (κ1) is 13.4. The highest BCUT2D eigenvalue weighted by Gasteiger charge is 2.11. The largest absolute Gasteiger partial charge is 0.299 e. The molecule has 0 unspecified atom stereocenters. The minimum absolute atomic E-state index is 0.262. The van der Waals surface area contributed by atoms with Crippen LogP contribution in [-0.2, 0) is 10.2 Å². The number of aromatic nitrogens is 1. The molecule has 0 amide bonds. The summed E-state index contributed by atoms with van der Waals surface area (Å²) in [6.45, 7) is 4.27. The second kappa shape index (κ2) is 5.60. The molecule has 1 aromatic rings. The first-order chi connectivity index (χ1) is 7.41. The molecular weight excluding hydrogens is 294 g/mol. The van der Waals surface area contributed by atoms with Gasteiger partial charge in [-0.05, 0) is 27.9 Å². The van der Waals surface area contributed by atoms with E-state index in [1.54, 1.807) is 6.07 Å². The van der Waals surface area contributed by atoms with E-state index >= 15 is 0 Å². The van der Waals surface area contributed by atoms with Gasteiger partial charge in [-0.1, -0.05) is 13.8 Å². The number of nitrogens with zero attached hydrogens (tertiary/aromatic N) is 1. The van der Waals surface area contributed by atoms with Crippen LogP contribution in [0.2, 0.25) is 0 Å². The molecule has 0 spiro atoms. The fraction of sp³-hybridized carbons (Fsp3) is 0.444. The lowest BCUT2D eigenvalue weighted by atomic mass is 10.2. The average molecular weight is 308 g/mol. The van der Waals surface area contributed by atoms with Crippen molar-refractivity contribution in [1.29, 1.82) is 0 Å². The maximum Gasteiger partial charge on any atom is 0.299 e. The number of hydrogen-bond donors (Lipinski definition) is 2. The van der Waals surface area contributed by atoms with Gasteiger partial charge in [0.25, 0.3) is 10.2 Å². The number of nitrogens with one attached hydrogen (secondary N) is 2. The Morgan fingerprint density at radius 1 is 1.50 bits per heavy atom. The molecule has 16 heavy (non-hydrogen) atoms. The van der Waals surface area contributed by atoms with Gasteiger partial charge in [0.05, 0.1) is 10.2 Å². The Labute approximate surface area is 104 Å². The molecule has 0 fully saturated rings. The van der Waals surface area contributed by atoms with E-state index in [0.717, 1.165) is 0 Å². The molecule has 0 aliphatic carbocycles. The van der Waals surface area contributed by atoms with Crippen molar-refractivity contribution < 1.29 is 8.42 Å². The average Bonchev–Trinajstić information content (AvgIpc) is 2.19. The summed E-state index contributed by atoms with van der Waals surface area (Å²) in [5.74, 6) is 0.262. The first-order valence-electron chi connectivity index (χ1n) is 4.77. The molecule has 0 bridgehead atoms. The van der Waals surface area contributed by atoms with Gasteiger partial charge in [0.1, 0.15) is 0 Å². The topological polar surface area (TPSA) is 71.1 Å². The minimum Gasteiger partial charge on any atom is -0.270 e. The number of pyridine rings is 1. The monoisotopic (exact) mass is 307 g/mol. The Balaban J connectivity index is 2.70. The molecule has 2 N–H and O–H groups in total. The summed E-state index contributed by atoms with van der Waals surface area (Å²) >= 11 is 3.21. The van der Waals surface area contributed by atoms with Gasteiger partial charge in [-0.2, -0.15) is 13.1 Å². The summed E-state index contributed by atoms with van der Waals surface area (Å²) in [4.78, 5) is 3.85. The molecule has 0 aromatic carbocycles. The molecule has 1 rings (SSSR count). The van der Waals surface area contributed by atoms with Crippen LogP contribution >= 0.6 is 15.9 Å². The zero-order valence-corrected chi connectivity index (χ0v) is 11.5. The van der Waals surface area contributed by atoms with Crippen LogP contribution in [-0.4, -0.2) is 19.9 Å². The normalized spacial score (nSPS) is 11.8. The zero-order chi connectivity index (χ0) is 12.2. The molecular formula is C9H14BrN3O2S. The lowest BCUT2D eigenvalue weighted by Crippen LogP contribution is -2.32. The molecule has 0 aliphatic heterocycles. The highest BCUT2D eigenvalue weighted by molar-refractivity contribution is 9.10. The van der Waals surface area contributed by atoms with E-state index in [2.05, 4.69) is 30.4 Å². The Morgan fingerprint density at radius 2 is 2.19 bits per heavy atom. The predicted molar refractivity (Wildman–Crippen MR) is 67.3 cm³/mol. The Hall–Kier alpha value is -0.660. The number of hydrogen-bond acceptors (Lipinski definition) is 3. The number of anilines is 1. The summed E-state index contributed by atoms with van der Waals surface area (Å²) in [6.07, 6.45) is 3.05. The van der Waals surface area contributed by atoms with Gasteiger partial charge in [0.2, 0.25) is 0 Å². The predicted octanol–water partition coefficient (Wildman–Crippen LogP) is 1.75. The highest BCUT2D eigenvalue weighted by Crippen LogP contribution is 2.20. The lowest BCUT2D eigenvalue weighted by Gasteiger charge is -2.11. The standard InChI is InChI=1S/C9H14BrN3O2S/c1-7(2)5-12-16(14,15)13-9-3-4-11-6-8(9)10/h3-4,6-7,12H,5H2,1-2H3,(H,11,13). The second-order valence-corrected chi connectivity index (χ2v) is 6.06. The Morgan fingerprint density at radius 3 is 2.75 bits per heavy atom. The van der Waals surface area contributed by atoms with Crippen molar-refractivity contribution in [2.75, 3.05) is 11.3 Å². The molecule has 0 radical (unpaired) electrons. The van der Waals surface area contributed by atoms with Gasteiger partial charge in [-0.25, -0.2) is 0 Å². The molecule has 5 nitrogen and oxygen atoms in total. The maximum atomic E-state index is 11.6. The van der Waals surface area contributed by atoms with Crippen molar-refractivity contribution >= 4 is 31.8 Å². The van der Waals surface area contributed by atoms with E-state index in [1.807, 2.05) is 13.8 Å². The highest BCUT2D eigenvalue weighted by atomic mass is 79.9. The molecule has 0 saturated heterocycles. The van der Waals surface area contributed by atoms with Crippen molar-refractivity contribution in [3.8, 4) is 0 Å². The fourth-order valence-electron chi connectivity index (χ4n) is 0.915. The summed E-state index contributed by atoms with van der Waals surface area (Å²) in [7, 11) is -3.51. The third kappa shape index (κ3) is 4.46. The van der Waals surface area contributed by atoms with Crippen molar-refractivity contribution in [3.63, 3.8) is 0 Å². The van der Waals surface area contributed by atoms with Crippen LogP contribution in [0.4, 0.5) is 5.69 Å². The van der Waals surface area contributed by atoms with Gasteiger partial charge in [-0.15, -0.1) is 0 Å². The minimum atomic E-state index is -3.51. The summed E-state index contributed by atoms with van der Waals surface area (Å²) in [5, 5.41) is 0. The lowest BCUT2D eigenvalue weighted by molar-refractivity contribution is 0.565. The molecule has 0 atom stereocenters. The molecule has 0 saturated carbocycles. The Bertz CT molecular complexity index is 448. The van der Waals surface area contributed by atoms with E-state index < -0.39 is 10.2 Å². The van der Waals surface area contributed by atoms with E-state index in [1.165, 1.54) is 12.4 Å². The van der Waals surface area contributed by atoms with E-state index in [4.69, 9.17) is 0 Å². The SMILES string of the molecule is CC(C)CNS(=O)(=O)Nc1ccncc1Br. The van der Waals surface area contributed by atoms with Crippen molar-refractivity contribution in [1.82, 2.24) is 9.71 Å². The molecule has 1 heterocycles. The van der Waals surface area contributed by atoms with Crippen molar-refractivity contribution in [2.45, 2.75) is 13.8 Å². The van der Waals surface area contributed by atoms with Crippen LogP contribution in [0.3, 0.4) is 0 Å².